The van der Waals surface area contributed by atoms with Gasteiger partial charge in [-0.1, -0.05) is 0 Å². The van der Waals surface area contributed by atoms with Crippen LogP contribution in [0, 0.1) is 0 Å². The Morgan fingerprint density at radius 2 is 2.33 bits per heavy atom. The lowest BCUT2D eigenvalue weighted by molar-refractivity contribution is 0.173. The van der Waals surface area contributed by atoms with Crippen LogP contribution in [0.15, 0.2) is 12.3 Å². The van der Waals surface area contributed by atoms with Gasteiger partial charge in [0.1, 0.15) is 6.10 Å². The van der Waals surface area contributed by atoms with Gasteiger partial charge in [0.05, 0.1) is 7.11 Å². The lowest BCUT2D eigenvalue weighted by atomic mass is 10.2. The normalized spacial score (nSPS) is 25.2. The number of ether oxygens (including phenoxy) is 2. The highest BCUT2D eigenvalue weighted by Gasteiger charge is 2.26. The molecule has 1 aliphatic carbocycles. The molecule has 2 rings (SSSR count). The van der Waals surface area contributed by atoms with Crippen molar-refractivity contribution in [1.29, 1.82) is 0 Å². The van der Waals surface area contributed by atoms with Gasteiger partial charge in [-0.3, -0.25) is 0 Å². The Balaban J connectivity index is 2.03. The zero-order valence-electron chi connectivity index (χ0n) is 8.72. The molecule has 0 saturated heterocycles. The highest BCUT2D eigenvalue weighted by atomic mass is 16.5. The van der Waals surface area contributed by atoms with Crippen molar-refractivity contribution in [3.63, 3.8) is 0 Å². The lowest BCUT2D eigenvalue weighted by Crippen LogP contribution is -2.34. The third-order valence-electron chi connectivity index (χ3n) is 2.58. The van der Waals surface area contributed by atoms with Gasteiger partial charge in [0, 0.05) is 18.3 Å². The molecule has 5 heteroatoms. The molecule has 1 aliphatic rings. The van der Waals surface area contributed by atoms with E-state index in [0.717, 1.165) is 19.3 Å². The molecule has 1 heterocycles. The maximum atomic E-state index is 5.89. The van der Waals surface area contributed by atoms with E-state index >= 15 is 0 Å². The predicted molar refractivity (Wildman–Crippen MR) is 54.8 cm³/mol. The molecule has 0 aromatic carbocycles. The summed E-state index contributed by atoms with van der Waals surface area (Å²) in [5.41, 5.74) is 5.89. The van der Waals surface area contributed by atoms with Gasteiger partial charge in [-0.2, -0.15) is 4.98 Å². The van der Waals surface area contributed by atoms with Crippen LogP contribution >= 0.6 is 0 Å². The Bertz CT molecular complexity index is 332. The smallest absolute Gasteiger partial charge is 0.320 e. The fraction of sp³-hybridized carbons (Fsp3) is 0.600. The number of nitrogens with two attached hydrogens (primary N) is 1. The first-order valence-electron chi connectivity index (χ1n) is 5.09. The molecule has 0 radical (unpaired) electrons. The van der Waals surface area contributed by atoms with E-state index < -0.39 is 0 Å². The molecule has 2 atom stereocenters. The van der Waals surface area contributed by atoms with Crippen molar-refractivity contribution in [2.24, 2.45) is 5.73 Å². The summed E-state index contributed by atoms with van der Waals surface area (Å²) >= 11 is 0. The first-order valence-corrected chi connectivity index (χ1v) is 5.09. The largest absolute Gasteiger partial charge is 0.481 e. The van der Waals surface area contributed by atoms with Crippen LogP contribution < -0.4 is 15.2 Å². The second kappa shape index (κ2) is 4.44. The second-order valence-corrected chi connectivity index (χ2v) is 3.63. The molecule has 0 amide bonds. The first kappa shape index (κ1) is 10.2. The summed E-state index contributed by atoms with van der Waals surface area (Å²) < 4.78 is 10.6. The van der Waals surface area contributed by atoms with E-state index in [1.807, 2.05) is 0 Å². The van der Waals surface area contributed by atoms with E-state index in [2.05, 4.69) is 9.97 Å². The molecule has 2 unspecified atom stereocenters. The number of nitrogens with zero attached hydrogens (tertiary/aromatic N) is 2. The van der Waals surface area contributed by atoms with Crippen molar-refractivity contribution in [3.8, 4) is 11.9 Å². The van der Waals surface area contributed by atoms with Crippen molar-refractivity contribution in [3.05, 3.63) is 12.3 Å². The zero-order chi connectivity index (χ0) is 10.7. The van der Waals surface area contributed by atoms with E-state index in [9.17, 15) is 0 Å². The maximum absolute atomic E-state index is 5.89. The van der Waals surface area contributed by atoms with E-state index in [0.29, 0.717) is 11.9 Å². The van der Waals surface area contributed by atoms with E-state index in [-0.39, 0.29) is 12.1 Å². The van der Waals surface area contributed by atoms with Crippen molar-refractivity contribution in [2.75, 3.05) is 7.11 Å². The lowest BCUT2D eigenvalue weighted by Gasteiger charge is -2.16. The second-order valence-electron chi connectivity index (χ2n) is 3.63. The van der Waals surface area contributed by atoms with Crippen LogP contribution in [0.3, 0.4) is 0 Å². The summed E-state index contributed by atoms with van der Waals surface area (Å²) in [4.78, 5) is 8.09. The fourth-order valence-corrected chi connectivity index (χ4v) is 1.73. The van der Waals surface area contributed by atoms with Crippen molar-refractivity contribution >= 4 is 0 Å². The number of aromatic nitrogens is 2. The zero-order valence-corrected chi connectivity index (χ0v) is 8.72. The quantitative estimate of drug-likeness (QED) is 0.795. The van der Waals surface area contributed by atoms with Crippen LogP contribution in [0.2, 0.25) is 0 Å². The van der Waals surface area contributed by atoms with Crippen molar-refractivity contribution in [1.82, 2.24) is 9.97 Å². The highest BCUT2D eigenvalue weighted by Crippen LogP contribution is 2.22. The molecule has 82 valence electrons. The molecule has 1 saturated carbocycles. The maximum Gasteiger partial charge on any atom is 0.320 e. The van der Waals surface area contributed by atoms with Gasteiger partial charge in [-0.15, -0.1) is 0 Å². The van der Waals surface area contributed by atoms with Gasteiger partial charge in [-0.25, -0.2) is 4.98 Å². The highest BCUT2D eigenvalue weighted by molar-refractivity contribution is 5.11. The molecule has 15 heavy (non-hydrogen) atoms. The molecule has 1 aromatic rings. The molecule has 2 N–H and O–H groups in total. The van der Waals surface area contributed by atoms with Gasteiger partial charge in [-0.05, 0) is 19.3 Å². The first-order chi connectivity index (χ1) is 7.29. The predicted octanol–water partition coefficient (Wildman–Crippen LogP) is 0.744. The minimum atomic E-state index is 0.0390. The SMILES string of the molecule is COc1ccnc(OC2CCCC2N)n1. The van der Waals surface area contributed by atoms with E-state index in [1.54, 1.807) is 19.4 Å². The van der Waals surface area contributed by atoms with E-state index in [1.165, 1.54) is 0 Å². The summed E-state index contributed by atoms with van der Waals surface area (Å²) in [6, 6.07) is 2.12. The number of hydrogen-bond donors (Lipinski definition) is 1. The molecule has 1 fully saturated rings. The molecular formula is C10H15N3O2. The minimum Gasteiger partial charge on any atom is -0.481 e. The van der Waals surface area contributed by atoms with Crippen molar-refractivity contribution in [2.45, 2.75) is 31.4 Å². The molecule has 0 spiro atoms. The third kappa shape index (κ3) is 2.36. The van der Waals surface area contributed by atoms with Crippen LogP contribution in [-0.2, 0) is 0 Å². The van der Waals surface area contributed by atoms with Gasteiger partial charge >= 0.3 is 6.01 Å². The summed E-state index contributed by atoms with van der Waals surface area (Å²) in [5.74, 6) is 0.506. The van der Waals surface area contributed by atoms with Crippen LogP contribution in [0.5, 0.6) is 11.9 Å². The van der Waals surface area contributed by atoms with Crippen LogP contribution in [0.4, 0.5) is 0 Å². The average Bonchev–Trinajstić information content (AvgIpc) is 2.65. The van der Waals surface area contributed by atoms with Gasteiger partial charge in [0.2, 0.25) is 5.88 Å². The standard InChI is InChI=1S/C10H15N3O2/c1-14-9-5-6-12-10(13-9)15-8-4-2-3-7(8)11/h5-8H,2-4,11H2,1H3. The third-order valence-corrected chi connectivity index (χ3v) is 2.58. The summed E-state index contributed by atoms with van der Waals surface area (Å²) in [6.07, 6.45) is 4.74. The Morgan fingerprint density at radius 1 is 1.47 bits per heavy atom. The number of methoxy groups -OCH3 is 1. The Hall–Kier alpha value is -1.36. The van der Waals surface area contributed by atoms with Crippen molar-refractivity contribution < 1.29 is 9.47 Å². The van der Waals surface area contributed by atoms with E-state index in [4.69, 9.17) is 15.2 Å². The average molecular weight is 209 g/mol. The van der Waals surface area contributed by atoms with Gasteiger partial charge < -0.3 is 15.2 Å². The number of hydrogen-bond acceptors (Lipinski definition) is 5. The monoisotopic (exact) mass is 209 g/mol. The fourth-order valence-electron chi connectivity index (χ4n) is 1.73. The topological polar surface area (TPSA) is 70.3 Å². The molecule has 0 bridgehead atoms. The Labute approximate surface area is 88.6 Å². The number of rotatable bonds is 3. The minimum absolute atomic E-state index is 0.0390. The van der Waals surface area contributed by atoms with Crippen LogP contribution in [0.25, 0.3) is 0 Å². The molecule has 0 aliphatic heterocycles. The summed E-state index contributed by atoms with van der Waals surface area (Å²) in [5, 5.41) is 0. The Morgan fingerprint density at radius 3 is 3.00 bits per heavy atom. The molecule has 1 aromatic heterocycles. The summed E-state index contributed by atoms with van der Waals surface area (Å²) in [6.45, 7) is 0. The molecule has 5 nitrogen and oxygen atoms in total. The Kier molecular flexibility index (Phi) is 3.01. The summed E-state index contributed by atoms with van der Waals surface area (Å²) in [7, 11) is 1.56. The van der Waals surface area contributed by atoms with Gasteiger partial charge in [0.25, 0.3) is 0 Å². The molecular weight excluding hydrogens is 194 g/mol. The van der Waals surface area contributed by atoms with Crippen LogP contribution in [0.1, 0.15) is 19.3 Å². The van der Waals surface area contributed by atoms with Crippen LogP contribution in [-0.4, -0.2) is 29.2 Å². The van der Waals surface area contributed by atoms with Gasteiger partial charge in [0.15, 0.2) is 0 Å².